The molecule has 1 aliphatic rings. The number of hydrogen-bond donors (Lipinski definition) is 1. The molecule has 0 bridgehead atoms. The van der Waals surface area contributed by atoms with E-state index in [0.29, 0.717) is 0 Å². The smallest absolute Gasteiger partial charge is 0.00790 e. The number of nitrogens with zero attached hydrogens (tertiary/aromatic N) is 1. The summed E-state index contributed by atoms with van der Waals surface area (Å²) in [5, 5.41) is 3.55. The topological polar surface area (TPSA) is 15.3 Å². The van der Waals surface area contributed by atoms with E-state index in [0.717, 1.165) is 24.4 Å². The Kier molecular flexibility index (Phi) is 7.14. The first-order valence-electron chi connectivity index (χ1n) is 7.58. The summed E-state index contributed by atoms with van der Waals surface area (Å²) in [6.07, 6.45) is 5.68. The minimum atomic E-state index is 0.736. The van der Waals surface area contributed by atoms with E-state index >= 15 is 0 Å². The van der Waals surface area contributed by atoms with Gasteiger partial charge in [-0.15, -0.1) is 0 Å². The predicted octanol–water partition coefficient (Wildman–Crippen LogP) is 3.13. The highest BCUT2D eigenvalue weighted by Crippen LogP contribution is 2.27. The van der Waals surface area contributed by atoms with Crippen LogP contribution in [0, 0.1) is 11.8 Å². The minimum Gasteiger partial charge on any atom is -0.316 e. The zero-order chi connectivity index (χ0) is 12.7. The lowest BCUT2D eigenvalue weighted by Gasteiger charge is -2.35. The van der Waals surface area contributed by atoms with Gasteiger partial charge in [-0.3, -0.25) is 0 Å². The van der Waals surface area contributed by atoms with Gasteiger partial charge in [-0.2, -0.15) is 0 Å². The Bertz CT molecular complexity index is 187. The molecule has 0 saturated heterocycles. The van der Waals surface area contributed by atoms with E-state index in [1.807, 2.05) is 0 Å². The summed E-state index contributed by atoms with van der Waals surface area (Å²) in [5.74, 6) is 1.77. The molecule has 0 aromatic carbocycles. The summed E-state index contributed by atoms with van der Waals surface area (Å²) >= 11 is 0. The highest BCUT2D eigenvalue weighted by molar-refractivity contribution is 4.76. The van der Waals surface area contributed by atoms with E-state index in [-0.39, 0.29) is 0 Å². The van der Waals surface area contributed by atoms with E-state index in [4.69, 9.17) is 0 Å². The van der Waals surface area contributed by atoms with Crippen LogP contribution in [0.4, 0.5) is 0 Å². The molecule has 1 fully saturated rings. The van der Waals surface area contributed by atoms with Gasteiger partial charge in [0, 0.05) is 12.6 Å². The van der Waals surface area contributed by atoms with E-state index < -0.39 is 0 Å². The molecular weight excluding hydrogens is 208 g/mol. The lowest BCUT2D eigenvalue weighted by Crippen LogP contribution is -2.40. The molecule has 0 amide bonds. The maximum absolute atomic E-state index is 3.55. The lowest BCUT2D eigenvalue weighted by molar-refractivity contribution is 0.140. The molecule has 1 saturated carbocycles. The van der Waals surface area contributed by atoms with E-state index in [9.17, 15) is 0 Å². The second kappa shape index (κ2) is 8.10. The first-order valence-corrected chi connectivity index (χ1v) is 7.58. The van der Waals surface area contributed by atoms with Crippen molar-refractivity contribution in [2.45, 2.75) is 59.4 Å². The van der Waals surface area contributed by atoms with Crippen LogP contribution in [0.5, 0.6) is 0 Å². The Morgan fingerprint density at radius 2 is 1.94 bits per heavy atom. The van der Waals surface area contributed by atoms with Crippen molar-refractivity contribution in [1.29, 1.82) is 0 Å². The van der Waals surface area contributed by atoms with Crippen molar-refractivity contribution in [1.82, 2.24) is 10.2 Å². The highest BCUT2D eigenvalue weighted by atomic mass is 15.1. The van der Waals surface area contributed by atoms with Crippen molar-refractivity contribution in [3.05, 3.63) is 0 Å². The van der Waals surface area contributed by atoms with Crippen LogP contribution in [-0.4, -0.2) is 37.1 Å². The fourth-order valence-corrected chi connectivity index (χ4v) is 2.51. The van der Waals surface area contributed by atoms with Gasteiger partial charge in [0.15, 0.2) is 0 Å². The monoisotopic (exact) mass is 240 g/mol. The Morgan fingerprint density at radius 3 is 2.41 bits per heavy atom. The molecule has 0 aromatic rings. The Morgan fingerprint density at radius 1 is 1.24 bits per heavy atom. The lowest BCUT2D eigenvalue weighted by atomic mass is 9.85. The van der Waals surface area contributed by atoms with Crippen LogP contribution in [0.25, 0.3) is 0 Å². The van der Waals surface area contributed by atoms with Crippen molar-refractivity contribution in [3.8, 4) is 0 Å². The third-order valence-corrected chi connectivity index (χ3v) is 4.04. The van der Waals surface area contributed by atoms with Gasteiger partial charge in [0.1, 0.15) is 0 Å². The van der Waals surface area contributed by atoms with E-state index in [2.05, 4.69) is 37.9 Å². The Balaban J connectivity index is 2.11. The molecular formula is C15H32N2. The predicted molar refractivity (Wildman–Crippen MR) is 76.4 cm³/mol. The fourth-order valence-electron chi connectivity index (χ4n) is 2.51. The Hall–Kier alpha value is -0.0800. The van der Waals surface area contributed by atoms with Gasteiger partial charge >= 0.3 is 0 Å². The van der Waals surface area contributed by atoms with Crippen LogP contribution in [0.2, 0.25) is 0 Å². The summed E-state index contributed by atoms with van der Waals surface area (Å²) in [6, 6.07) is 0.736. The highest BCUT2D eigenvalue weighted by Gasteiger charge is 2.22. The van der Waals surface area contributed by atoms with E-state index in [1.54, 1.807) is 0 Å². The van der Waals surface area contributed by atoms with Crippen molar-refractivity contribution in [2.75, 3.05) is 26.2 Å². The van der Waals surface area contributed by atoms with Gasteiger partial charge in [-0.25, -0.2) is 0 Å². The molecule has 0 radical (unpaired) electrons. The first-order chi connectivity index (χ1) is 8.13. The molecule has 1 N–H and O–H groups in total. The van der Waals surface area contributed by atoms with Crippen LogP contribution < -0.4 is 5.32 Å². The van der Waals surface area contributed by atoms with Gasteiger partial charge in [0.05, 0.1) is 0 Å². The van der Waals surface area contributed by atoms with Crippen LogP contribution in [0.1, 0.15) is 53.4 Å². The quantitative estimate of drug-likeness (QED) is 0.623. The molecule has 0 aliphatic heterocycles. The molecule has 102 valence electrons. The second-order valence-electron chi connectivity index (χ2n) is 6.12. The van der Waals surface area contributed by atoms with Gasteiger partial charge in [-0.05, 0) is 57.7 Å². The molecule has 0 spiro atoms. The maximum Gasteiger partial charge on any atom is 0.00790 e. The van der Waals surface area contributed by atoms with Gasteiger partial charge < -0.3 is 10.2 Å². The maximum atomic E-state index is 3.55. The number of nitrogens with one attached hydrogen (secondary N) is 1. The molecule has 0 aromatic heterocycles. The fraction of sp³-hybridized carbons (Fsp3) is 1.00. The van der Waals surface area contributed by atoms with Crippen LogP contribution >= 0.6 is 0 Å². The van der Waals surface area contributed by atoms with Crippen LogP contribution in [0.3, 0.4) is 0 Å². The molecule has 1 atom stereocenters. The largest absolute Gasteiger partial charge is 0.316 e. The summed E-state index contributed by atoms with van der Waals surface area (Å²) in [7, 11) is 0. The van der Waals surface area contributed by atoms with Crippen LogP contribution in [-0.2, 0) is 0 Å². The molecule has 1 rings (SSSR count). The van der Waals surface area contributed by atoms with Crippen molar-refractivity contribution >= 4 is 0 Å². The average molecular weight is 240 g/mol. The molecule has 2 nitrogen and oxygen atoms in total. The third kappa shape index (κ3) is 5.87. The summed E-state index contributed by atoms with van der Waals surface area (Å²) in [6.45, 7) is 14.1. The molecule has 2 heteroatoms. The summed E-state index contributed by atoms with van der Waals surface area (Å²) in [4.78, 5) is 2.67. The summed E-state index contributed by atoms with van der Waals surface area (Å²) < 4.78 is 0. The number of rotatable bonds is 9. The second-order valence-corrected chi connectivity index (χ2v) is 6.12. The SMILES string of the molecule is CCN(CC1CCC1)C(C)CCNCC(C)C. The molecule has 17 heavy (non-hydrogen) atoms. The van der Waals surface area contributed by atoms with Crippen molar-refractivity contribution in [2.24, 2.45) is 11.8 Å². The molecule has 1 aliphatic carbocycles. The average Bonchev–Trinajstić information content (AvgIpc) is 2.22. The minimum absolute atomic E-state index is 0.736. The normalized spacial score (nSPS) is 18.7. The van der Waals surface area contributed by atoms with Crippen molar-refractivity contribution in [3.63, 3.8) is 0 Å². The number of hydrogen-bond acceptors (Lipinski definition) is 2. The summed E-state index contributed by atoms with van der Waals surface area (Å²) in [5.41, 5.74) is 0. The zero-order valence-corrected chi connectivity index (χ0v) is 12.3. The van der Waals surface area contributed by atoms with Gasteiger partial charge in [-0.1, -0.05) is 27.2 Å². The standard InChI is InChI=1S/C15H32N2/c1-5-17(12-15-7-6-8-15)14(4)9-10-16-11-13(2)3/h13-16H,5-12H2,1-4H3. The molecule has 1 unspecified atom stereocenters. The van der Waals surface area contributed by atoms with Crippen molar-refractivity contribution < 1.29 is 0 Å². The van der Waals surface area contributed by atoms with E-state index in [1.165, 1.54) is 45.3 Å². The van der Waals surface area contributed by atoms with Gasteiger partial charge in [0.2, 0.25) is 0 Å². The Labute approximate surface area is 108 Å². The van der Waals surface area contributed by atoms with Gasteiger partial charge in [0.25, 0.3) is 0 Å². The third-order valence-electron chi connectivity index (χ3n) is 4.04. The molecule has 0 heterocycles. The van der Waals surface area contributed by atoms with Crippen LogP contribution in [0.15, 0.2) is 0 Å². The first kappa shape index (κ1) is 15.0. The zero-order valence-electron chi connectivity index (χ0n) is 12.3.